The highest BCUT2D eigenvalue weighted by Crippen LogP contribution is 2.38. The van der Waals surface area contributed by atoms with Gasteiger partial charge in [-0.15, -0.1) is 0 Å². The molecule has 4 rings (SSSR count). The molecular formula is C21H16N4O6. The Balaban J connectivity index is 1.93. The van der Waals surface area contributed by atoms with E-state index in [1.165, 1.54) is 24.3 Å². The van der Waals surface area contributed by atoms with Gasteiger partial charge in [0.15, 0.2) is 17.1 Å². The second-order valence-electron chi connectivity index (χ2n) is 6.55. The lowest BCUT2D eigenvalue weighted by Crippen LogP contribution is -2.01. The number of ether oxygens (including phenoxy) is 1. The molecule has 0 amide bonds. The van der Waals surface area contributed by atoms with Crippen molar-refractivity contribution in [3.05, 3.63) is 64.2 Å². The number of hydrogen-bond acceptors (Lipinski definition) is 7. The van der Waals surface area contributed by atoms with Crippen molar-refractivity contribution in [2.45, 2.75) is 6.92 Å². The summed E-state index contributed by atoms with van der Waals surface area (Å²) in [5, 5.41) is 38.5. The van der Waals surface area contributed by atoms with Crippen LogP contribution >= 0.6 is 0 Å². The Labute approximate surface area is 174 Å². The normalized spacial score (nSPS) is 10.9. The third kappa shape index (κ3) is 3.50. The molecule has 0 saturated heterocycles. The molecule has 0 aliphatic heterocycles. The molecule has 2 heterocycles. The summed E-state index contributed by atoms with van der Waals surface area (Å²) in [6.07, 6.45) is 0. The zero-order chi connectivity index (χ0) is 22.1. The van der Waals surface area contributed by atoms with E-state index in [9.17, 15) is 25.1 Å². The molecule has 0 atom stereocenters. The SMILES string of the molecule is CCOc1cccc(-c2cc(C(=O)O)c3c(-c4cccc([N+](=O)[O-])c4)[nH]nc3n2)c1O. The number of aromatic amines is 1. The number of pyridine rings is 1. The molecule has 4 aromatic rings. The number of H-pyrrole nitrogens is 1. The Morgan fingerprint density at radius 3 is 2.71 bits per heavy atom. The number of aromatic hydroxyl groups is 1. The number of fused-ring (bicyclic) bond motifs is 1. The van der Waals surface area contributed by atoms with Gasteiger partial charge in [0.1, 0.15) is 0 Å². The number of para-hydroxylation sites is 1. The largest absolute Gasteiger partial charge is 0.504 e. The molecule has 0 radical (unpaired) electrons. The molecule has 10 nitrogen and oxygen atoms in total. The number of carboxylic acids is 1. The Morgan fingerprint density at radius 1 is 1.23 bits per heavy atom. The first-order chi connectivity index (χ1) is 14.9. The maximum Gasteiger partial charge on any atom is 0.336 e. The summed E-state index contributed by atoms with van der Waals surface area (Å²) in [7, 11) is 0. The number of phenolic OH excluding ortho intramolecular Hbond substituents is 1. The number of carbonyl (C=O) groups is 1. The fraction of sp³-hybridized carbons (Fsp3) is 0.0952. The van der Waals surface area contributed by atoms with E-state index in [4.69, 9.17) is 4.74 Å². The van der Waals surface area contributed by atoms with Crippen LogP contribution in [0.25, 0.3) is 33.5 Å². The van der Waals surface area contributed by atoms with Gasteiger partial charge in [-0.25, -0.2) is 9.78 Å². The Kier molecular flexibility index (Phi) is 4.96. The van der Waals surface area contributed by atoms with Gasteiger partial charge in [0, 0.05) is 23.3 Å². The summed E-state index contributed by atoms with van der Waals surface area (Å²) >= 11 is 0. The zero-order valence-electron chi connectivity index (χ0n) is 16.2. The van der Waals surface area contributed by atoms with Crippen LogP contribution in [0, 0.1) is 10.1 Å². The van der Waals surface area contributed by atoms with Crippen LogP contribution in [0.2, 0.25) is 0 Å². The Morgan fingerprint density at radius 2 is 2.00 bits per heavy atom. The van der Waals surface area contributed by atoms with Gasteiger partial charge in [-0.1, -0.05) is 18.2 Å². The number of nitrogens with one attached hydrogen (secondary N) is 1. The van der Waals surface area contributed by atoms with E-state index in [-0.39, 0.29) is 45.0 Å². The number of nitrogens with zero attached hydrogens (tertiary/aromatic N) is 3. The smallest absolute Gasteiger partial charge is 0.336 e. The molecule has 156 valence electrons. The number of non-ortho nitro benzene ring substituents is 1. The van der Waals surface area contributed by atoms with Crippen LogP contribution in [0.4, 0.5) is 5.69 Å². The Hall–Kier alpha value is -4.47. The van der Waals surface area contributed by atoms with Crippen molar-refractivity contribution >= 4 is 22.7 Å². The quantitative estimate of drug-likeness (QED) is 0.313. The van der Waals surface area contributed by atoms with Crippen molar-refractivity contribution in [3.8, 4) is 34.0 Å². The van der Waals surface area contributed by atoms with Gasteiger partial charge < -0.3 is 14.9 Å². The molecule has 2 aromatic carbocycles. The number of aromatic carboxylic acids is 1. The lowest BCUT2D eigenvalue weighted by atomic mass is 10.0. The predicted octanol–water partition coefficient (Wildman–Crippen LogP) is 4.00. The van der Waals surface area contributed by atoms with Crippen molar-refractivity contribution in [2.75, 3.05) is 6.61 Å². The minimum Gasteiger partial charge on any atom is -0.504 e. The highest BCUT2D eigenvalue weighted by atomic mass is 16.6. The first-order valence-corrected chi connectivity index (χ1v) is 9.23. The van der Waals surface area contributed by atoms with E-state index in [1.54, 1.807) is 31.2 Å². The number of carboxylic acid groups (broad SMARTS) is 1. The first-order valence-electron chi connectivity index (χ1n) is 9.23. The minimum absolute atomic E-state index is 0.0950. The van der Waals surface area contributed by atoms with Crippen LogP contribution in [0.1, 0.15) is 17.3 Å². The second kappa shape index (κ2) is 7.75. The van der Waals surface area contributed by atoms with E-state index >= 15 is 0 Å². The average Bonchev–Trinajstić information content (AvgIpc) is 3.18. The Bertz CT molecular complexity index is 1330. The number of rotatable bonds is 6. The molecule has 0 unspecified atom stereocenters. The standard InChI is InChI=1S/C21H16N4O6/c1-2-31-16-8-4-7-13(19(16)26)15-10-14(21(27)28)17-18(23-24-20(17)22-15)11-5-3-6-12(9-11)25(29)30/h3-10,26H,2H2,1H3,(H,27,28)(H,22,23,24). The summed E-state index contributed by atoms with van der Waals surface area (Å²) in [4.78, 5) is 27.0. The minimum atomic E-state index is -1.23. The third-order valence-corrected chi connectivity index (χ3v) is 4.67. The number of nitro groups is 1. The third-order valence-electron chi connectivity index (χ3n) is 4.67. The summed E-state index contributed by atoms with van der Waals surface area (Å²) in [6, 6.07) is 11.9. The van der Waals surface area contributed by atoms with Gasteiger partial charge in [-0.05, 0) is 25.1 Å². The lowest BCUT2D eigenvalue weighted by Gasteiger charge is -2.10. The van der Waals surface area contributed by atoms with Crippen molar-refractivity contribution in [2.24, 2.45) is 0 Å². The molecule has 2 aromatic heterocycles. The average molecular weight is 420 g/mol. The van der Waals surface area contributed by atoms with E-state index in [1.807, 2.05) is 0 Å². The van der Waals surface area contributed by atoms with Crippen molar-refractivity contribution in [3.63, 3.8) is 0 Å². The monoisotopic (exact) mass is 420 g/mol. The van der Waals surface area contributed by atoms with Gasteiger partial charge in [0.25, 0.3) is 5.69 Å². The van der Waals surface area contributed by atoms with Crippen LogP contribution in [-0.2, 0) is 0 Å². The molecule has 3 N–H and O–H groups in total. The number of nitro benzene ring substituents is 1. The maximum absolute atomic E-state index is 12.0. The summed E-state index contributed by atoms with van der Waals surface area (Å²) in [5.74, 6) is -1.15. The van der Waals surface area contributed by atoms with Crippen molar-refractivity contribution in [1.82, 2.24) is 15.2 Å². The second-order valence-corrected chi connectivity index (χ2v) is 6.55. The number of hydrogen-bond donors (Lipinski definition) is 3. The molecule has 0 fully saturated rings. The number of aromatic nitrogens is 3. The maximum atomic E-state index is 12.0. The molecular weight excluding hydrogens is 404 g/mol. The molecule has 10 heteroatoms. The van der Waals surface area contributed by atoms with Crippen LogP contribution in [0.3, 0.4) is 0 Å². The van der Waals surface area contributed by atoms with Crippen molar-refractivity contribution in [1.29, 1.82) is 0 Å². The highest BCUT2D eigenvalue weighted by molar-refractivity contribution is 6.08. The fourth-order valence-electron chi connectivity index (χ4n) is 3.32. The van der Waals surface area contributed by atoms with Gasteiger partial charge in [-0.3, -0.25) is 15.2 Å². The molecule has 0 spiro atoms. The van der Waals surface area contributed by atoms with Crippen LogP contribution in [0.15, 0.2) is 48.5 Å². The molecule has 0 bridgehead atoms. The topological polar surface area (TPSA) is 151 Å². The zero-order valence-corrected chi connectivity index (χ0v) is 16.2. The van der Waals surface area contributed by atoms with E-state index in [0.29, 0.717) is 17.9 Å². The highest BCUT2D eigenvalue weighted by Gasteiger charge is 2.22. The number of benzene rings is 2. The van der Waals surface area contributed by atoms with Gasteiger partial charge in [0.2, 0.25) is 0 Å². The summed E-state index contributed by atoms with van der Waals surface area (Å²) < 4.78 is 5.39. The van der Waals surface area contributed by atoms with Crippen LogP contribution < -0.4 is 4.74 Å². The summed E-state index contributed by atoms with van der Waals surface area (Å²) in [5.41, 5.74) is 1.02. The van der Waals surface area contributed by atoms with Gasteiger partial charge in [-0.2, -0.15) is 5.10 Å². The van der Waals surface area contributed by atoms with Crippen LogP contribution in [0.5, 0.6) is 11.5 Å². The van der Waals surface area contributed by atoms with Gasteiger partial charge in [0.05, 0.1) is 33.9 Å². The molecule has 0 aliphatic rings. The lowest BCUT2D eigenvalue weighted by molar-refractivity contribution is -0.384. The van der Waals surface area contributed by atoms with E-state index < -0.39 is 10.9 Å². The van der Waals surface area contributed by atoms with E-state index in [0.717, 1.165) is 0 Å². The molecule has 0 aliphatic carbocycles. The number of phenols is 1. The fourth-order valence-corrected chi connectivity index (χ4v) is 3.32. The molecule has 0 saturated carbocycles. The molecule has 31 heavy (non-hydrogen) atoms. The predicted molar refractivity (Wildman–Crippen MR) is 111 cm³/mol. The van der Waals surface area contributed by atoms with E-state index in [2.05, 4.69) is 15.2 Å². The first kappa shape index (κ1) is 19.8. The van der Waals surface area contributed by atoms with Gasteiger partial charge >= 0.3 is 5.97 Å². The van der Waals surface area contributed by atoms with Crippen molar-refractivity contribution < 1.29 is 24.7 Å². The van der Waals surface area contributed by atoms with Crippen LogP contribution in [-0.4, -0.2) is 42.9 Å². The summed E-state index contributed by atoms with van der Waals surface area (Å²) in [6.45, 7) is 2.12.